The van der Waals surface area contributed by atoms with E-state index in [-0.39, 0.29) is 5.56 Å². The van der Waals surface area contributed by atoms with E-state index in [0.29, 0.717) is 10.9 Å². The number of nitrogens with zero attached hydrogens (tertiary/aromatic N) is 1. The van der Waals surface area contributed by atoms with E-state index in [4.69, 9.17) is 0 Å². The smallest absolute Gasteiger partial charge is 0.194 e. The molecule has 1 saturated carbocycles. The number of halogens is 3. The lowest BCUT2D eigenvalue weighted by Gasteiger charge is -2.09. The van der Waals surface area contributed by atoms with Crippen molar-refractivity contribution < 1.29 is 13.2 Å². The maximum atomic E-state index is 13.3. The molecule has 0 spiro atoms. The highest BCUT2D eigenvalue weighted by Gasteiger charge is 2.17. The fourth-order valence-electron chi connectivity index (χ4n) is 2.52. The van der Waals surface area contributed by atoms with Crippen LogP contribution in [0.4, 0.5) is 13.2 Å². The number of hydrogen-bond donors (Lipinski definition) is 0. The van der Waals surface area contributed by atoms with Crippen LogP contribution in [0.2, 0.25) is 0 Å². The Kier molecular flexibility index (Phi) is 4.19. The summed E-state index contributed by atoms with van der Waals surface area (Å²) in [4.78, 5) is 4.43. The van der Waals surface area contributed by atoms with E-state index in [9.17, 15) is 13.2 Å². The Morgan fingerprint density at radius 3 is 2.33 bits per heavy atom. The molecule has 0 unspecified atom stereocenters. The molecule has 1 fully saturated rings. The first-order valence-corrected chi connectivity index (χ1v) is 7.80. The summed E-state index contributed by atoms with van der Waals surface area (Å²) < 4.78 is 39.6. The molecule has 1 aliphatic carbocycles. The standard InChI is InChI=1S/C16H14F3NS/c17-12-8-10(9-13(18)16(12)19)14-6-3-7-15(20-14)21-11-4-1-2-5-11/h3,6-9,11H,1-2,4-5H2. The number of aromatic nitrogens is 1. The van der Waals surface area contributed by atoms with Gasteiger partial charge in [0, 0.05) is 10.8 Å². The van der Waals surface area contributed by atoms with E-state index in [1.165, 1.54) is 25.7 Å². The van der Waals surface area contributed by atoms with Gasteiger partial charge in [-0.25, -0.2) is 18.2 Å². The number of hydrogen-bond acceptors (Lipinski definition) is 2. The van der Waals surface area contributed by atoms with Crippen LogP contribution < -0.4 is 0 Å². The lowest BCUT2D eigenvalue weighted by atomic mass is 10.1. The molecule has 1 nitrogen and oxygen atoms in total. The van der Waals surface area contributed by atoms with Crippen LogP contribution in [0.25, 0.3) is 11.3 Å². The fraction of sp³-hybridized carbons (Fsp3) is 0.312. The van der Waals surface area contributed by atoms with Crippen molar-refractivity contribution in [1.82, 2.24) is 4.98 Å². The molecule has 0 aliphatic heterocycles. The quantitative estimate of drug-likeness (QED) is 0.723. The summed E-state index contributed by atoms with van der Waals surface area (Å²) in [7, 11) is 0. The van der Waals surface area contributed by atoms with Crippen LogP contribution in [0.5, 0.6) is 0 Å². The summed E-state index contributed by atoms with van der Waals surface area (Å²) in [6.07, 6.45) is 4.84. The Hall–Kier alpha value is -1.49. The third-order valence-corrected chi connectivity index (χ3v) is 4.87. The molecule has 0 bridgehead atoms. The van der Waals surface area contributed by atoms with E-state index < -0.39 is 17.5 Å². The van der Waals surface area contributed by atoms with E-state index in [1.54, 1.807) is 23.9 Å². The minimum absolute atomic E-state index is 0.250. The average Bonchev–Trinajstić information content (AvgIpc) is 2.97. The Labute approximate surface area is 125 Å². The van der Waals surface area contributed by atoms with E-state index >= 15 is 0 Å². The van der Waals surface area contributed by atoms with Crippen LogP contribution in [0.1, 0.15) is 25.7 Å². The van der Waals surface area contributed by atoms with Gasteiger partial charge >= 0.3 is 0 Å². The first kappa shape index (κ1) is 14.4. The van der Waals surface area contributed by atoms with Crippen molar-refractivity contribution >= 4 is 11.8 Å². The molecule has 1 aromatic heterocycles. The molecule has 5 heteroatoms. The Balaban J connectivity index is 1.88. The predicted molar refractivity (Wildman–Crippen MR) is 77.7 cm³/mol. The summed E-state index contributed by atoms with van der Waals surface area (Å²) in [5.41, 5.74) is 0.705. The summed E-state index contributed by atoms with van der Waals surface area (Å²) in [6.45, 7) is 0. The van der Waals surface area contributed by atoms with Crippen molar-refractivity contribution in [3.05, 3.63) is 47.8 Å². The predicted octanol–water partition coefficient (Wildman–Crippen LogP) is 5.20. The first-order chi connectivity index (χ1) is 10.1. The highest BCUT2D eigenvalue weighted by atomic mass is 32.2. The second-order valence-electron chi connectivity index (χ2n) is 5.14. The SMILES string of the molecule is Fc1cc(-c2cccc(SC3CCCC3)n2)cc(F)c1F. The van der Waals surface area contributed by atoms with Gasteiger partial charge in [-0.3, -0.25) is 0 Å². The summed E-state index contributed by atoms with van der Waals surface area (Å²) >= 11 is 1.70. The van der Waals surface area contributed by atoms with Crippen molar-refractivity contribution in [3.8, 4) is 11.3 Å². The molecule has 0 radical (unpaired) electrons. The molecule has 2 aromatic rings. The first-order valence-electron chi connectivity index (χ1n) is 6.92. The van der Waals surface area contributed by atoms with Gasteiger partial charge in [-0.2, -0.15) is 0 Å². The number of rotatable bonds is 3. The molecule has 0 amide bonds. The van der Waals surface area contributed by atoms with Gasteiger partial charge in [-0.1, -0.05) is 18.9 Å². The van der Waals surface area contributed by atoms with Crippen LogP contribution in [-0.2, 0) is 0 Å². The highest BCUT2D eigenvalue weighted by molar-refractivity contribution is 7.99. The Morgan fingerprint density at radius 1 is 1.00 bits per heavy atom. The van der Waals surface area contributed by atoms with Gasteiger partial charge in [0.25, 0.3) is 0 Å². The second-order valence-corrected chi connectivity index (χ2v) is 6.46. The summed E-state index contributed by atoms with van der Waals surface area (Å²) in [5.74, 6) is -3.84. The number of pyridine rings is 1. The lowest BCUT2D eigenvalue weighted by Crippen LogP contribution is -1.96. The molecule has 0 saturated heterocycles. The number of thioether (sulfide) groups is 1. The van der Waals surface area contributed by atoms with E-state index in [2.05, 4.69) is 4.98 Å². The van der Waals surface area contributed by atoms with Gasteiger partial charge < -0.3 is 0 Å². The molecule has 0 atom stereocenters. The third-order valence-electron chi connectivity index (χ3n) is 3.59. The minimum atomic E-state index is -1.45. The van der Waals surface area contributed by atoms with Crippen LogP contribution in [0.3, 0.4) is 0 Å². The molecule has 21 heavy (non-hydrogen) atoms. The van der Waals surface area contributed by atoms with Gasteiger partial charge in [-0.05, 0) is 37.1 Å². The monoisotopic (exact) mass is 309 g/mol. The van der Waals surface area contributed by atoms with Gasteiger partial charge in [0.1, 0.15) is 0 Å². The van der Waals surface area contributed by atoms with Crippen LogP contribution in [0.15, 0.2) is 35.4 Å². The van der Waals surface area contributed by atoms with E-state index in [0.717, 1.165) is 17.2 Å². The maximum absolute atomic E-state index is 13.3. The molecular weight excluding hydrogens is 295 g/mol. The zero-order valence-electron chi connectivity index (χ0n) is 11.3. The highest BCUT2D eigenvalue weighted by Crippen LogP contribution is 2.34. The molecular formula is C16H14F3NS. The van der Waals surface area contributed by atoms with Gasteiger partial charge in [0.2, 0.25) is 0 Å². The third kappa shape index (κ3) is 3.23. The normalized spacial score (nSPS) is 15.6. The van der Waals surface area contributed by atoms with Crippen LogP contribution >= 0.6 is 11.8 Å². The van der Waals surface area contributed by atoms with Crippen LogP contribution in [0, 0.1) is 17.5 Å². The number of benzene rings is 1. The zero-order valence-corrected chi connectivity index (χ0v) is 12.1. The topological polar surface area (TPSA) is 12.9 Å². The second kappa shape index (κ2) is 6.10. The molecule has 110 valence electrons. The summed E-state index contributed by atoms with van der Waals surface area (Å²) in [5, 5.41) is 1.40. The zero-order chi connectivity index (χ0) is 14.8. The average molecular weight is 309 g/mol. The maximum Gasteiger partial charge on any atom is 0.194 e. The van der Waals surface area contributed by atoms with Crippen molar-refractivity contribution in [3.63, 3.8) is 0 Å². The largest absolute Gasteiger partial charge is 0.241 e. The minimum Gasteiger partial charge on any atom is -0.241 e. The van der Waals surface area contributed by atoms with Crippen molar-refractivity contribution in [1.29, 1.82) is 0 Å². The van der Waals surface area contributed by atoms with Gasteiger partial charge in [-0.15, -0.1) is 11.8 Å². The molecule has 3 rings (SSSR count). The van der Waals surface area contributed by atoms with Gasteiger partial charge in [0.15, 0.2) is 17.5 Å². The van der Waals surface area contributed by atoms with Crippen LogP contribution in [-0.4, -0.2) is 10.2 Å². The Morgan fingerprint density at radius 2 is 1.67 bits per heavy atom. The molecule has 1 heterocycles. The van der Waals surface area contributed by atoms with Crippen molar-refractivity contribution in [2.45, 2.75) is 36.0 Å². The molecule has 1 aliphatic rings. The fourth-order valence-corrected chi connectivity index (χ4v) is 3.74. The summed E-state index contributed by atoms with van der Waals surface area (Å²) in [6, 6.07) is 7.32. The van der Waals surface area contributed by atoms with Crippen molar-refractivity contribution in [2.75, 3.05) is 0 Å². The van der Waals surface area contributed by atoms with E-state index in [1.807, 2.05) is 6.07 Å². The molecule has 0 N–H and O–H groups in total. The Bertz CT molecular complexity index is 631. The lowest BCUT2D eigenvalue weighted by molar-refractivity contribution is 0.447. The molecule has 1 aromatic carbocycles. The van der Waals surface area contributed by atoms with Crippen molar-refractivity contribution in [2.24, 2.45) is 0 Å². The van der Waals surface area contributed by atoms with Gasteiger partial charge in [0.05, 0.1) is 10.7 Å².